The monoisotopic (exact) mass is 253 g/mol. The Hall–Kier alpha value is -1.16. The largest absolute Gasteiger partial charge is 0.490 e. The van der Waals surface area contributed by atoms with Gasteiger partial charge in [0, 0.05) is 18.2 Å². The Morgan fingerprint density at radius 3 is 2.44 bits per heavy atom. The zero-order chi connectivity index (χ0) is 12.5. The van der Waals surface area contributed by atoms with E-state index in [0.717, 1.165) is 25.0 Å². The van der Waals surface area contributed by atoms with Crippen LogP contribution in [0.15, 0.2) is 18.2 Å². The van der Waals surface area contributed by atoms with E-state index in [-0.39, 0.29) is 6.10 Å². The highest BCUT2D eigenvalue weighted by atomic mass is 19.2. The van der Waals surface area contributed by atoms with Crippen LogP contribution in [-0.4, -0.2) is 18.2 Å². The normalized spacial score (nSPS) is 31.1. The van der Waals surface area contributed by atoms with Gasteiger partial charge in [-0.3, -0.25) is 0 Å². The van der Waals surface area contributed by atoms with E-state index in [1.165, 1.54) is 25.3 Å². The molecule has 1 N–H and O–H groups in total. The van der Waals surface area contributed by atoms with Crippen LogP contribution in [-0.2, 0) is 0 Å². The van der Waals surface area contributed by atoms with E-state index in [9.17, 15) is 8.78 Å². The first-order valence-electron chi connectivity index (χ1n) is 6.58. The van der Waals surface area contributed by atoms with E-state index in [1.54, 1.807) is 0 Å². The van der Waals surface area contributed by atoms with Crippen LogP contribution >= 0.6 is 0 Å². The molecule has 98 valence electrons. The lowest BCUT2D eigenvalue weighted by Crippen LogP contribution is -2.51. The van der Waals surface area contributed by atoms with E-state index >= 15 is 0 Å². The van der Waals surface area contributed by atoms with Gasteiger partial charge in [0.1, 0.15) is 11.9 Å². The van der Waals surface area contributed by atoms with Crippen LogP contribution in [0.2, 0.25) is 0 Å². The molecular weight excluding hydrogens is 236 g/mol. The van der Waals surface area contributed by atoms with E-state index in [1.807, 2.05) is 0 Å². The van der Waals surface area contributed by atoms with Gasteiger partial charge in [0.2, 0.25) is 0 Å². The Bertz CT molecular complexity index is 426. The number of hydrogen-bond acceptors (Lipinski definition) is 2. The van der Waals surface area contributed by atoms with Crippen molar-refractivity contribution in [1.29, 1.82) is 0 Å². The Balaban J connectivity index is 1.67. The van der Waals surface area contributed by atoms with Crippen molar-refractivity contribution in [3.05, 3.63) is 29.8 Å². The maximum absolute atomic E-state index is 13.1. The molecule has 2 aliphatic heterocycles. The Morgan fingerprint density at radius 2 is 1.78 bits per heavy atom. The van der Waals surface area contributed by atoms with Crippen molar-refractivity contribution in [2.75, 3.05) is 0 Å². The van der Waals surface area contributed by atoms with E-state index in [0.29, 0.717) is 17.8 Å². The predicted octanol–water partition coefficient (Wildman–Crippen LogP) is 3.02. The van der Waals surface area contributed by atoms with Gasteiger partial charge in [0.15, 0.2) is 11.6 Å². The molecule has 0 saturated carbocycles. The number of hydrogen-bond donors (Lipinski definition) is 1. The van der Waals surface area contributed by atoms with E-state index < -0.39 is 11.6 Å². The molecule has 2 unspecified atom stereocenters. The maximum Gasteiger partial charge on any atom is 0.162 e. The number of halogens is 2. The van der Waals surface area contributed by atoms with Gasteiger partial charge in [0.05, 0.1) is 0 Å². The summed E-state index contributed by atoms with van der Waals surface area (Å²) in [5.74, 6) is -1.25. The summed E-state index contributed by atoms with van der Waals surface area (Å²) in [7, 11) is 0. The third-order valence-corrected chi connectivity index (χ3v) is 3.87. The molecule has 4 heteroatoms. The van der Waals surface area contributed by atoms with Crippen molar-refractivity contribution in [1.82, 2.24) is 5.32 Å². The average Bonchev–Trinajstić information content (AvgIpc) is 2.33. The van der Waals surface area contributed by atoms with Crippen LogP contribution in [0.4, 0.5) is 8.78 Å². The second-order valence-corrected chi connectivity index (χ2v) is 5.28. The molecule has 2 heterocycles. The molecule has 2 saturated heterocycles. The van der Waals surface area contributed by atoms with Crippen LogP contribution in [0.3, 0.4) is 0 Å². The van der Waals surface area contributed by atoms with Crippen molar-refractivity contribution in [3.8, 4) is 5.75 Å². The first-order valence-corrected chi connectivity index (χ1v) is 6.58. The molecule has 0 aromatic heterocycles. The first-order chi connectivity index (χ1) is 8.70. The van der Waals surface area contributed by atoms with Crippen LogP contribution in [0.25, 0.3) is 0 Å². The van der Waals surface area contributed by atoms with Gasteiger partial charge in [-0.15, -0.1) is 0 Å². The summed E-state index contributed by atoms with van der Waals surface area (Å²) in [4.78, 5) is 0. The number of fused-ring (bicyclic) bond motifs is 2. The van der Waals surface area contributed by atoms with Gasteiger partial charge in [0.25, 0.3) is 0 Å². The number of nitrogens with one attached hydrogen (secondary N) is 1. The average molecular weight is 253 g/mol. The zero-order valence-electron chi connectivity index (χ0n) is 10.2. The molecule has 0 radical (unpaired) electrons. The van der Waals surface area contributed by atoms with Gasteiger partial charge in [-0.2, -0.15) is 0 Å². The predicted molar refractivity (Wildman–Crippen MR) is 64.6 cm³/mol. The van der Waals surface area contributed by atoms with Crippen LogP contribution in [0.1, 0.15) is 32.1 Å². The molecule has 2 atom stereocenters. The summed E-state index contributed by atoms with van der Waals surface area (Å²) in [6.45, 7) is 0. The fourth-order valence-corrected chi connectivity index (χ4v) is 3.05. The van der Waals surface area contributed by atoms with Gasteiger partial charge in [-0.05, 0) is 37.8 Å². The first kappa shape index (κ1) is 11.9. The van der Waals surface area contributed by atoms with Gasteiger partial charge in [-0.25, -0.2) is 8.78 Å². The summed E-state index contributed by atoms with van der Waals surface area (Å²) >= 11 is 0. The molecule has 3 rings (SSSR count). The quantitative estimate of drug-likeness (QED) is 0.874. The minimum absolute atomic E-state index is 0.117. The fraction of sp³-hybridized carbons (Fsp3) is 0.571. The molecule has 2 fully saturated rings. The highest BCUT2D eigenvalue weighted by molar-refractivity contribution is 5.24. The molecule has 1 aromatic carbocycles. The van der Waals surface area contributed by atoms with Crippen LogP contribution in [0, 0.1) is 11.6 Å². The highest BCUT2D eigenvalue weighted by Gasteiger charge is 2.32. The summed E-state index contributed by atoms with van der Waals surface area (Å²) in [5, 5.41) is 3.57. The van der Waals surface area contributed by atoms with Crippen LogP contribution < -0.4 is 10.1 Å². The molecule has 2 bridgehead atoms. The van der Waals surface area contributed by atoms with Gasteiger partial charge in [-0.1, -0.05) is 6.42 Å². The molecule has 1 aromatic rings. The second-order valence-electron chi connectivity index (χ2n) is 5.28. The lowest BCUT2D eigenvalue weighted by atomic mass is 9.85. The Labute approximate surface area is 105 Å². The SMILES string of the molecule is Fc1ccc(OC2CC3CCCC(C2)N3)cc1F. The van der Waals surface area contributed by atoms with Crippen molar-refractivity contribution >= 4 is 0 Å². The van der Waals surface area contributed by atoms with Gasteiger partial charge < -0.3 is 10.1 Å². The van der Waals surface area contributed by atoms with Gasteiger partial charge >= 0.3 is 0 Å². The summed E-state index contributed by atoms with van der Waals surface area (Å²) in [6, 6.07) is 4.79. The lowest BCUT2D eigenvalue weighted by Gasteiger charge is -2.40. The molecule has 18 heavy (non-hydrogen) atoms. The van der Waals surface area contributed by atoms with Crippen molar-refractivity contribution < 1.29 is 13.5 Å². The summed E-state index contributed by atoms with van der Waals surface area (Å²) < 4.78 is 31.7. The lowest BCUT2D eigenvalue weighted by molar-refractivity contribution is 0.0923. The smallest absolute Gasteiger partial charge is 0.162 e. The Morgan fingerprint density at radius 1 is 1.06 bits per heavy atom. The zero-order valence-corrected chi connectivity index (χ0v) is 10.2. The molecule has 0 spiro atoms. The number of benzene rings is 1. The van der Waals surface area contributed by atoms with Crippen molar-refractivity contribution in [2.24, 2.45) is 0 Å². The molecule has 0 aliphatic carbocycles. The third kappa shape index (κ3) is 2.48. The topological polar surface area (TPSA) is 21.3 Å². The van der Waals surface area contributed by atoms with Crippen molar-refractivity contribution in [2.45, 2.75) is 50.3 Å². The molecule has 2 aliphatic rings. The standard InChI is InChI=1S/C14H17F2NO/c15-13-5-4-11(8-14(13)16)18-12-6-9-2-1-3-10(7-12)17-9/h4-5,8-10,12,17H,1-3,6-7H2. The van der Waals surface area contributed by atoms with Crippen molar-refractivity contribution in [3.63, 3.8) is 0 Å². The van der Waals surface area contributed by atoms with E-state index in [4.69, 9.17) is 4.74 Å². The second kappa shape index (κ2) is 4.84. The highest BCUT2D eigenvalue weighted by Crippen LogP contribution is 2.29. The molecule has 0 amide bonds. The molecule has 2 nitrogen and oxygen atoms in total. The minimum atomic E-state index is -0.846. The number of rotatable bonds is 2. The summed E-state index contributed by atoms with van der Waals surface area (Å²) in [5.41, 5.74) is 0. The summed E-state index contributed by atoms with van der Waals surface area (Å²) in [6.07, 6.45) is 5.68. The minimum Gasteiger partial charge on any atom is -0.490 e. The molecular formula is C14H17F2NO. The fourth-order valence-electron chi connectivity index (χ4n) is 3.05. The number of piperidine rings is 2. The third-order valence-electron chi connectivity index (χ3n) is 3.87. The van der Waals surface area contributed by atoms with E-state index in [2.05, 4.69) is 5.32 Å². The number of ether oxygens (including phenoxy) is 1. The maximum atomic E-state index is 13.1. The van der Waals surface area contributed by atoms with Crippen LogP contribution in [0.5, 0.6) is 5.75 Å². The Kier molecular flexibility index (Phi) is 3.20.